The summed E-state index contributed by atoms with van der Waals surface area (Å²) in [6, 6.07) is 5.54. The van der Waals surface area contributed by atoms with E-state index in [0.717, 1.165) is 36.1 Å². The highest BCUT2D eigenvalue weighted by Gasteiger charge is 2.23. The van der Waals surface area contributed by atoms with Crippen molar-refractivity contribution in [2.45, 2.75) is 25.6 Å². The van der Waals surface area contributed by atoms with Gasteiger partial charge < -0.3 is 14.3 Å². The fourth-order valence-corrected chi connectivity index (χ4v) is 2.00. The van der Waals surface area contributed by atoms with Crippen molar-refractivity contribution in [3.63, 3.8) is 0 Å². The van der Waals surface area contributed by atoms with Gasteiger partial charge in [0.1, 0.15) is 11.6 Å². The average molecular weight is 219 g/mol. The molecular weight excluding hydrogens is 206 g/mol. The molecule has 0 aliphatic carbocycles. The molecule has 2 heterocycles. The maximum atomic E-state index is 9.03. The van der Waals surface area contributed by atoms with Crippen molar-refractivity contribution in [3.8, 4) is 0 Å². The molecule has 4 heteroatoms. The molecule has 1 N–H and O–H groups in total. The minimum atomic E-state index is 0.00461. The Hall–Kier alpha value is -1.39. The third-order valence-electron chi connectivity index (χ3n) is 2.86. The van der Waals surface area contributed by atoms with Crippen LogP contribution in [0.15, 0.2) is 22.6 Å². The molecule has 0 bridgehead atoms. The largest absolute Gasteiger partial charge is 0.438 e. The minimum Gasteiger partial charge on any atom is -0.438 e. The fourth-order valence-electron chi connectivity index (χ4n) is 2.00. The first kappa shape index (κ1) is 9.81. The number of hydrogen-bond donors (Lipinski definition) is 1. The van der Waals surface area contributed by atoms with Gasteiger partial charge in [-0.1, -0.05) is 6.07 Å². The van der Waals surface area contributed by atoms with E-state index in [2.05, 4.69) is 4.98 Å². The quantitative estimate of drug-likeness (QED) is 0.841. The van der Waals surface area contributed by atoms with Crippen molar-refractivity contribution >= 4 is 11.1 Å². The van der Waals surface area contributed by atoms with Crippen molar-refractivity contribution in [2.75, 3.05) is 6.61 Å². The van der Waals surface area contributed by atoms with Crippen LogP contribution in [-0.2, 0) is 11.3 Å². The molecule has 2 aromatic rings. The Labute approximate surface area is 92.9 Å². The van der Waals surface area contributed by atoms with Gasteiger partial charge in [-0.2, -0.15) is 0 Å². The van der Waals surface area contributed by atoms with Crippen LogP contribution >= 0.6 is 0 Å². The third-order valence-corrected chi connectivity index (χ3v) is 2.86. The second-order valence-electron chi connectivity index (χ2n) is 4.01. The molecule has 16 heavy (non-hydrogen) atoms. The lowest BCUT2D eigenvalue weighted by Gasteiger charge is -2.01. The summed E-state index contributed by atoms with van der Waals surface area (Å²) in [7, 11) is 0. The predicted molar refractivity (Wildman–Crippen MR) is 57.9 cm³/mol. The van der Waals surface area contributed by atoms with Crippen LogP contribution in [0.3, 0.4) is 0 Å². The van der Waals surface area contributed by atoms with Gasteiger partial charge in [-0.25, -0.2) is 4.98 Å². The van der Waals surface area contributed by atoms with Crippen molar-refractivity contribution in [1.82, 2.24) is 4.98 Å². The summed E-state index contributed by atoms with van der Waals surface area (Å²) in [5.41, 5.74) is 2.38. The zero-order valence-electron chi connectivity index (χ0n) is 8.85. The van der Waals surface area contributed by atoms with Gasteiger partial charge in [0.05, 0.1) is 6.61 Å². The predicted octanol–water partition coefficient (Wildman–Crippen LogP) is 2.17. The number of aliphatic hydroxyl groups excluding tert-OH is 1. The summed E-state index contributed by atoms with van der Waals surface area (Å²) in [6.07, 6.45) is 2.04. The van der Waals surface area contributed by atoms with Crippen LogP contribution < -0.4 is 0 Å². The Balaban J connectivity index is 2.01. The van der Waals surface area contributed by atoms with E-state index in [1.165, 1.54) is 0 Å². The molecule has 1 aromatic carbocycles. The molecule has 0 saturated carbocycles. The van der Waals surface area contributed by atoms with Crippen LogP contribution in [0, 0.1) is 0 Å². The molecule has 1 fully saturated rings. The van der Waals surface area contributed by atoms with Gasteiger partial charge in [0.15, 0.2) is 5.58 Å². The molecule has 1 unspecified atom stereocenters. The second kappa shape index (κ2) is 3.88. The lowest BCUT2D eigenvalue weighted by molar-refractivity contribution is 0.0907. The van der Waals surface area contributed by atoms with Gasteiger partial charge in [-0.05, 0) is 30.5 Å². The number of rotatable bonds is 2. The summed E-state index contributed by atoms with van der Waals surface area (Å²) in [6.45, 7) is 0.803. The lowest BCUT2D eigenvalue weighted by atomic mass is 10.2. The van der Waals surface area contributed by atoms with Gasteiger partial charge in [-0.3, -0.25) is 0 Å². The highest BCUT2D eigenvalue weighted by Crippen LogP contribution is 2.30. The van der Waals surface area contributed by atoms with Gasteiger partial charge in [0, 0.05) is 6.61 Å². The van der Waals surface area contributed by atoms with Crippen LogP contribution in [0.5, 0.6) is 0 Å². The van der Waals surface area contributed by atoms with E-state index in [0.29, 0.717) is 5.89 Å². The number of oxazole rings is 1. The first-order chi connectivity index (χ1) is 7.86. The normalized spacial score (nSPS) is 20.7. The molecule has 1 aromatic heterocycles. The van der Waals surface area contributed by atoms with Gasteiger partial charge in [-0.15, -0.1) is 0 Å². The number of nitrogens with zero attached hydrogens (tertiary/aromatic N) is 1. The minimum absolute atomic E-state index is 0.00461. The fraction of sp³-hybridized carbons (Fsp3) is 0.417. The van der Waals surface area contributed by atoms with E-state index in [1.54, 1.807) is 0 Å². The smallest absolute Gasteiger partial charge is 0.224 e. The number of hydrogen-bond acceptors (Lipinski definition) is 4. The molecule has 1 saturated heterocycles. The molecule has 0 radical (unpaired) electrons. The van der Waals surface area contributed by atoms with Crippen LogP contribution in [-0.4, -0.2) is 16.7 Å². The lowest BCUT2D eigenvalue weighted by Crippen LogP contribution is -1.94. The van der Waals surface area contributed by atoms with E-state index in [-0.39, 0.29) is 12.7 Å². The van der Waals surface area contributed by atoms with E-state index in [1.807, 2.05) is 18.2 Å². The highest BCUT2D eigenvalue weighted by atomic mass is 16.5. The number of aromatic nitrogens is 1. The van der Waals surface area contributed by atoms with E-state index in [9.17, 15) is 0 Å². The monoisotopic (exact) mass is 219 g/mol. The SMILES string of the molecule is OCc1ccc2nc(C3CCCO3)oc2c1. The Morgan fingerprint density at radius 3 is 3.12 bits per heavy atom. The molecule has 84 valence electrons. The van der Waals surface area contributed by atoms with E-state index in [4.69, 9.17) is 14.3 Å². The Kier molecular flexibility index (Phi) is 2.38. The van der Waals surface area contributed by atoms with Crippen molar-refractivity contribution in [1.29, 1.82) is 0 Å². The number of benzene rings is 1. The number of fused-ring (bicyclic) bond motifs is 1. The summed E-state index contributed by atoms with van der Waals surface area (Å²) in [5, 5.41) is 9.03. The molecule has 4 nitrogen and oxygen atoms in total. The van der Waals surface area contributed by atoms with Crippen molar-refractivity contribution in [3.05, 3.63) is 29.7 Å². The van der Waals surface area contributed by atoms with Gasteiger partial charge in [0.25, 0.3) is 0 Å². The molecule has 1 aliphatic heterocycles. The zero-order chi connectivity index (χ0) is 11.0. The summed E-state index contributed by atoms with van der Waals surface area (Å²) < 4.78 is 11.2. The first-order valence-electron chi connectivity index (χ1n) is 5.48. The number of aliphatic hydroxyl groups is 1. The molecule has 0 spiro atoms. The third kappa shape index (κ3) is 1.60. The average Bonchev–Trinajstić information content (AvgIpc) is 2.96. The van der Waals surface area contributed by atoms with Crippen molar-refractivity contribution in [2.24, 2.45) is 0 Å². The maximum absolute atomic E-state index is 9.03. The van der Waals surface area contributed by atoms with Crippen LogP contribution in [0.1, 0.15) is 30.4 Å². The molecule has 3 rings (SSSR count). The van der Waals surface area contributed by atoms with E-state index >= 15 is 0 Å². The summed E-state index contributed by atoms with van der Waals surface area (Å²) in [4.78, 5) is 4.40. The Morgan fingerprint density at radius 1 is 1.44 bits per heavy atom. The molecule has 0 amide bonds. The van der Waals surface area contributed by atoms with Gasteiger partial charge >= 0.3 is 0 Å². The molecule has 1 aliphatic rings. The Bertz CT molecular complexity index is 500. The standard InChI is InChI=1S/C12H13NO3/c14-7-8-3-4-9-11(6-8)16-12(13-9)10-2-1-5-15-10/h3-4,6,10,14H,1-2,5,7H2. The Morgan fingerprint density at radius 2 is 2.38 bits per heavy atom. The topological polar surface area (TPSA) is 55.5 Å². The van der Waals surface area contributed by atoms with E-state index < -0.39 is 0 Å². The molecular formula is C12H13NO3. The van der Waals surface area contributed by atoms with Crippen LogP contribution in [0.25, 0.3) is 11.1 Å². The van der Waals surface area contributed by atoms with Crippen molar-refractivity contribution < 1.29 is 14.3 Å². The first-order valence-corrected chi connectivity index (χ1v) is 5.48. The second-order valence-corrected chi connectivity index (χ2v) is 4.01. The summed E-state index contributed by atoms with van der Waals surface area (Å²) >= 11 is 0. The highest BCUT2D eigenvalue weighted by molar-refractivity contribution is 5.73. The maximum Gasteiger partial charge on any atom is 0.224 e. The van der Waals surface area contributed by atoms with Crippen LogP contribution in [0.2, 0.25) is 0 Å². The zero-order valence-corrected chi connectivity index (χ0v) is 8.85. The molecule has 1 atom stereocenters. The summed E-state index contributed by atoms with van der Waals surface area (Å²) in [5.74, 6) is 0.655. The van der Waals surface area contributed by atoms with Gasteiger partial charge in [0.2, 0.25) is 5.89 Å². The number of ether oxygens (including phenoxy) is 1. The van der Waals surface area contributed by atoms with Crippen LogP contribution in [0.4, 0.5) is 0 Å².